The Morgan fingerprint density at radius 1 is 1.02 bits per heavy atom. The number of hydrogen-bond acceptors (Lipinski definition) is 5. The molecule has 0 aliphatic heterocycles. The van der Waals surface area contributed by atoms with Gasteiger partial charge in [-0.1, -0.05) is 103 Å². The van der Waals surface area contributed by atoms with Crippen LogP contribution in [0.1, 0.15) is 118 Å². The van der Waals surface area contributed by atoms with Crippen LogP contribution in [-0.2, 0) is 16.1 Å². The summed E-state index contributed by atoms with van der Waals surface area (Å²) in [5, 5.41) is 9.09. The highest BCUT2D eigenvalue weighted by molar-refractivity contribution is 8.06. The molecule has 0 aliphatic rings. The summed E-state index contributed by atoms with van der Waals surface area (Å²) in [5.74, 6) is 0.0651. The molecule has 0 radical (unpaired) electrons. The van der Waals surface area contributed by atoms with Crippen molar-refractivity contribution in [1.82, 2.24) is 9.78 Å². The second-order valence-corrected chi connectivity index (χ2v) is 11.1. The number of ether oxygens (including phenoxy) is 1. The van der Waals surface area contributed by atoms with Gasteiger partial charge in [0, 0.05) is 43.4 Å². The molecular formula is C35H59N3O3S. The van der Waals surface area contributed by atoms with E-state index in [2.05, 4.69) is 51.3 Å². The van der Waals surface area contributed by atoms with Crippen molar-refractivity contribution in [2.45, 2.75) is 114 Å². The Balaban J connectivity index is 0. The highest BCUT2D eigenvalue weighted by Crippen LogP contribution is 2.27. The SMILES string of the molecule is C=C/C=C(\C=C(C)C)C(=C)S/C=C(\C)C(=O)Nc1cn(CC(CCC)CCC)nc1C(C)=O.CC.CCCOCCC. The van der Waals surface area contributed by atoms with Crippen molar-refractivity contribution in [3.63, 3.8) is 0 Å². The van der Waals surface area contributed by atoms with Gasteiger partial charge in [0.15, 0.2) is 11.5 Å². The average Bonchev–Trinajstić information content (AvgIpc) is 3.35. The third kappa shape index (κ3) is 18.7. The molecule has 0 saturated heterocycles. The number of Topliss-reactive ketones (excluding diaryl/α,β-unsaturated/α-hetero) is 1. The van der Waals surface area contributed by atoms with Crippen LogP contribution in [0.25, 0.3) is 0 Å². The van der Waals surface area contributed by atoms with E-state index in [1.54, 1.807) is 29.3 Å². The number of rotatable bonds is 18. The molecule has 42 heavy (non-hydrogen) atoms. The first-order chi connectivity index (χ1) is 20.0. The van der Waals surface area contributed by atoms with E-state index in [1.807, 2.05) is 39.8 Å². The van der Waals surface area contributed by atoms with Gasteiger partial charge in [0.05, 0.1) is 5.69 Å². The zero-order chi connectivity index (χ0) is 32.5. The molecule has 6 nitrogen and oxygen atoms in total. The molecule has 238 valence electrons. The Hall–Kier alpha value is -2.64. The van der Waals surface area contributed by atoms with Crippen LogP contribution < -0.4 is 5.32 Å². The van der Waals surface area contributed by atoms with E-state index in [4.69, 9.17) is 4.74 Å². The number of hydrogen-bond donors (Lipinski definition) is 1. The number of thioether (sulfide) groups is 1. The second-order valence-electron chi connectivity index (χ2n) is 10.1. The van der Waals surface area contributed by atoms with Gasteiger partial charge >= 0.3 is 0 Å². The van der Waals surface area contributed by atoms with Gasteiger partial charge in [-0.25, -0.2) is 0 Å². The zero-order valence-electron chi connectivity index (χ0n) is 28.3. The van der Waals surface area contributed by atoms with Crippen molar-refractivity contribution < 1.29 is 14.3 Å². The Bertz CT molecular complexity index is 1020. The molecule has 0 atom stereocenters. The van der Waals surface area contributed by atoms with E-state index in [-0.39, 0.29) is 11.7 Å². The van der Waals surface area contributed by atoms with E-state index >= 15 is 0 Å². The maximum absolute atomic E-state index is 12.8. The topological polar surface area (TPSA) is 73.2 Å². The molecule has 1 rings (SSSR count). The Labute approximate surface area is 261 Å². The van der Waals surface area contributed by atoms with Gasteiger partial charge in [-0.15, -0.1) is 0 Å². The molecule has 1 heterocycles. The molecule has 0 aromatic carbocycles. The normalized spacial score (nSPS) is 11.1. The number of amides is 1. The Morgan fingerprint density at radius 3 is 2.05 bits per heavy atom. The molecule has 0 aliphatic carbocycles. The maximum atomic E-state index is 12.8. The van der Waals surface area contributed by atoms with Crippen molar-refractivity contribution in [3.05, 3.63) is 70.3 Å². The lowest BCUT2D eigenvalue weighted by atomic mass is 9.98. The first-order valence-electron chi connectivity index (χ1n) is 15.5. The van der Waals surface area contributed by atoms with Crippen molar-refractivity contribution >= 4 is 29.1 Å². The smallest absolute Gasteiger partial charge is 0.251 e. The van der Waals surface area contributed by atoms with Crippen LogP contribution in [0.15, 0.2) is 64.6 Å². The fourth-order valence-electron chi connectivity index (χ4n) is 3.83. The zero-order valence-corrected chi connectivity index (χ0v) is 29.1. The van der Waals surface area contributed by atoms with E-state index in [0.717, 1.165) is 74.3 Å². The molecule has 1 amide bonds. The fraction of sp³-hybridized carbons (Fsp3) is 0.571. The van der Waals surface area contributed by atoms with E-state index in [9.17, 15) is 9.59 Å². The highest BCUT2D eigenvalue weighted by Gasteiger charge is 2.18. The number of nitrogens with zero attached hydrogens (tertiary/aromatic N) is 2. The van der Waals surface area contributed by atoms with E-state index in [0.29, 0.717) is 22.9 Å². The summed E-state index contributed by atoms with van der Waals surface area (Å²) in [6.07, 6.45) is 14.1. The molecule has 0 spiro atoms. The summed E-state index contributed by atoms with van der Waals surface area (Å²) in [7, 11) is 0. The number of carbonyl (C=O) groups is 2. The van der Waals surface area contributed by atoms with Crippen molar-refractivity contribution in [3.8, 4) is 0 Å². The third-order valence-electron chi connectivity index (χ3n) is 5.68. The van der Waals surface area contributed by atoms with Crippen LogP contribution in [0, 0.1) is 5.92 Å². The van der Waals surface area contributed by atoms with Gasteiger partial charge < -0.3 is 10.1 Å². The van der Waals surface area contributed by atoms with E-state index in [1.165, 1.54) is 18.7 Å². The van der Waals surface area contributed by atoms with Gasteiger partial charge in [0.25, 0.3) is 5.91 Å². The lowest BCUT2D eigenvalue weighted by Gasteiger charge is -2.14. The van der Waals surface area contributed by atoms with Gasteiger partial charge in [-0.05, 0) is 63.4 Å². The van der Waals surface area contributed by atoms with Crippen LogP contribution >= 0.6 is 11.8 Å². The van der Waals surface area contributed by atoms with Gasteiger partial charge in [-0.2, -0.15) is 5.10 Å². The number of nitrogens with one attached hydrogen (secondary N) is 1. The Morgan fingerprint density at radius 2 is 1.60 bits per heavy atom. The predicted molar refractivity (Wildman–Crippen MR) is 185 cm³/mol. The van der Waals surface area contributed by atoms with Crippen LogP contribution in [0.5, 0.6) is 0 Å². The number of aromatic nitrogens is 2. The first-order valence-corrected chi connectivity index (χ1v) is 16.4. The minimum absolute atomic E-state index is 0.170. The molecular weight excluding hydrogens is 542 g/mol. The minimum Gasteiger partial charge on any atom is -0.381 e. The summed E-state index contributed by atoms with van der Waals surface area (Å²) < 4.78 is 6.93. The number of anilines is 1. The number of ketones is 1. The first kappa shape index (κ1) is 41.5. The molecule has 7 heteroatoms. The van der Waals surface area contributed by atoms with Gasteiger partial charge in [-0.3, -0.25) is 14.3 Å². The fourth-order valence-corrected chi connectivity index (χ4v) is 4.52. The summed E-state index contributed by atoms with van der Waals surface area (Å²) in [6.45, 7) is 30.3. The highest BCUT2D eigenvalue weighted by atomic mass is 32.2. The second kappa shape index (κ2) is 26.0. The summed E-state index contributed by atoms with van der Waals surface area (Å²) in [6, 6.07) is 0. The largest absolute Gasteiger partial charge is 0.381 e. The van der Waals surface area contributed by atoms with Crippen LogP contribution in [-0.4, -0.2) is 34.7 Å². The monoisotopic (exact) mass is 601 g/mol. The van der Waals surface area contributed by atoms with Crippen molar-refractivity contribution in [2.75, 3.05) is 18.5 Å². The molecule has 0 bridgehead atoms. The average molecular weight is 602 g/mol. The Kier molecular flexibility index (Phi) is 25.7. The lowest BCUT2D eigenvalue weighted by Crippen LogP contribution is -2.14. The van der Waals surface area contributed by atoms with Crippen LogP contribution in [0.4, 0.5) is 5.69 Å². The summed E-state index contributed by atoms with van der Waals surface area (Å²) in [5.41, 5.74) is 3.37. The summed E-state index contributed by atoms with van der Waals surface area (Å²) >= 11 is 1.38. The predicted octanol–water partition coefficient (Wildman–Crippen LogP) is 10.3. The standard InChI is InChI=1S/C27H39N3O2S.C6H14O.C2H6/c1-9-12-23(13-10-2)16-30-17-25(26(29-30)21(7)31)28-27(32)20(6)18-33-22(8)24(14-11-3)15-19(4)5;1-3-5-7-6-4-2;1-2/h11,14-15,17-18,23H,3,8-10,12-13,16H2,1-2,4-7H3,(H,28,32);3-6H2,1-2H3;1-2H3/b20-18+,24-14+;;. The lowest BCUT2D eigenvalue weighted by molar-refractivity contribution is -0.112. The molecule has 0 fully saturated rings. The van der Waals surface area contributed by atoms with Crippen molar-refractivity contribution in [2.24, 2.45) is 5.92 Å². The molecule has 0 saturated carbocycles. The molecule has 1 aromatic heterocycles. The van der Waals surface area contributed by atoms with Crippen LogP contribution in [0.2, 0.25) is 0 Å². The quantitative estimate of drug-likeness (QED) is 0.0784. The third-order valence-corrected chi connectivity index (χ3v) is 6.67. The van der Waals surface area contributed by atoms with E-state index < -0.39 is 0 Å². The van der Waals surface area contributed by atoms with Gasteiger partial charge in [0.1, 0.15) is 0 Å². The maximum Gasteiger partial charge on any atom is 0.251 e. The van der Waals surface area contributed by atoms with Gasteiger partial charge in [0.2, 0.25) is 0 Å². The van der Waals surface area contributed by atoms with Crippen molar-refractivity contribution in [1.29, 1.82) is 0 Å². The molecule has 1 aromatic rings. The number of allylic oxidation sites excluding steroid dienone is 5. The molecule has 1 N–H and O–H groups in total. The minimum atomic E-state index is -0.271. The number of carbonyl (C=O) groups excluding carboxylic acids is 2. The summed E-state index contributed by atoms with van der Waals surface area (Å²) in [4.78, 5) is 25.7. The van der Waals surface area contributed by atoms with Crippen LogP contribution in [0.3, 0.4) is 0 Å². The molecule has 0 unspecified atom stereocenters.